The summed E-state index contributed by atoms with van der Waals surface area (Å²) < 4.78 is 1.22. The van der Waals surface area contributed by atoms with E-state index in [4.69, 9.17) is 19.9 Å². The Kier molecular flexibility index (Phi) is 8.32. The number of pyridine rings is 1. The minimum Gasteiger partial charge on any atom is -0.247 e. The van der Waals surface area contributed by atoms with E-state index in [9.17, 15) is 0 Å². The van der Waals surface area contributed by atoms with Crippen molar-refractivity contribution in [1.82, 2.24) is 19.9 Å². The highest BCUT2D eigenvalue weighted by atomic mass is 32.1. The van der Waals surface area contributed by atoms with Crippen LogP contribution in [0.2, 0.25) is 0 Å². The van der Waals surface area contributed by atoms with E-state index >= 15 is 0 Å². The number of benzene rings is 7. The standard InChI is InChI=1S/C50H32N4S/c1-5-16-33(17-6-1)34-28-30-38(31-29-34)49-52-48(37-22-11-4-12-23-37)53-50(54-49)40-25-15-24-39(32-40)43-44-45(35-18-7-2-8-19-35)51-42-27-14-13-26-41(42)47(44)55-46(43)36-20-9-3-10-21-36/h1-32H. The molecular formula is C50H32N4S. The molecule has 5 heteroatoms. The molecule has 3 heterocycles. The SMILES string of the molecule is c1ccc(-c2ccc(-c3nc(-c4ccccc4)nc(-c4cccc(-c5c(-c6ccccc6)sc6c5c(-c5ccccc5)nc5ccccc56)c4)n3)cc2)cc1. The van der Waals surface area contributed by atoms with Gasteiger partial charge in [0.1, 0.15) is 0 Å². The first kappa shape index (κ1) is 32.6. The van der Waals surface area contributed by atoms with E-state index in [-0.39, 0.29) is 0 Å². The van der Waals surface area contributed by atoms with E-state index in [0.29, 0.717) is 17.5 Å². The molecule has 4 nitrogen and oxygen atoms in total. The molecule has 258 valence electrons. The van der Waals surface area contributed by atoms with Crippen LogP contribution in [0.5, 0.6) is 0 Å². The van der Waals surface area contributed by atoms with Crippen molar-refractivity contribution in [3.05, 3.63) is 194 Å². The van der Waals surface area contributed by atoms with Gasteiger partial charge in [-0.25, -0.2) is 19.9 Å². The summed E-state index contributed by atoms with van der Waals surface area (Å²) in [6.07, 6.45) is 0. The molecule has 0 radical (unpaired) electrons. The van der Waals surface area contributed by atoms with Gasteiger partial charge < -0.3 is 0 Å². The predicted octanol–water partition coefficient (Wildman–Crippen LogP) is 13.3. The summed E-state index contributed by atoms with van der Waals surface area (Å²) >= 11 is 1.83. The van der Waals surface area contributed by atoms with Gasteiger partial charge in [-0.1, -0.05) is 182 Å². The van der Waals surface area contributed by atoms with E-state index in [0.717, 1.165) is 60.9 Å². The fraction of sp³-hybridized carbons (Fsp3) is 0. The molecule has 55 heavy (non-hydrogen) atoms. The lowest BCUT2D eigenvalue weighted by Gasteiger charge is -2.12. The van der Waals surface area contributed by atoms with Gasteiger partial charge in [0, 0.05) is 48.2 Å². The summed E-state index contributed by atoms with van der Waals surface area (Å²) in [6.45, 7) is 0. The van der Waals surface area contributed by atoms with Gasteiger partial charge in [0.2, 0.25) is 0 Å². The molecule has 0 amide bonds. The average Bonchev–Trinajstić information content (AvgIpc) is 3.69. The van der Waals surface area contributed by atoms with Gasteiger partial charge in [-0.2, -0.15) is 0 Å². The molecule has 10 aromatic rings. The summed E-state index contributed by atoms with van der Waals surface area (Å²) in [4.78, 5) is 21.8. The van der Waals surface area contributed by atoms with Crippen molar-refractivity contribution in [2.45, 2.75) is 0 Å². The molecule has 10 rings (SSSR count). The quantitative estimate of drug-likeness (QED) is 0.164. The van der Waals surface area contributed by atoms with Gasteiger partial charge in [-0.3, -0.25) is 0 Å². The van der Waals surface area contributed by atoms with E-state index in [1.807, 2.05) is 47.7 Å². The third-order valence-corrected chi connectivity index (χ3v) is 11.2. The Morgan fingerprint density at radius 2 is 0.782 bits per heavy atom. The maximum atomic E-state index is 5.34. The molecule has 0 fully saturated rings. The van der Waals surface area contributed by atoms with Gasteiger partial charge >= 0.3 is 0 Å². The maximum Gasteiger partial charge on any atom is 0.164 e. The third kappa shape index (κ3) is 6.17. The molecule has 0 saturated carbocycles. The minimum absolute atomic E-state index is 0.616. The molecular weight excluding hydrogens is 689 g/mol. The second-order valence-corrected chi connectivity index (χ2v) is 14.4. The Bertz CT molecular complexity index is 2940. The highest BCUT2D eigenvalue weighted by Gasteiger charge is 2.23. The largest absolute Gasteiger partial charge is 0.247 e. The second kappa shape index (κ2) is 14.0. The normalized spacial score (nSPS) is 11.3. The van der Waals surface area contributed by atoms with Crippen molar-refractivity contribution < 1.29 is 0 Å². The van der Waals surface area contributed by atoms with Crippen molar-refractivity contribution in [3.8, 4) is 78.1 Å². The van der Waals surface area contributed by atoms with Gasteiger partial charge in [0.05, 0.1) is 11.2 Å². The van der Waals surface area contributed by atoms with Crippen molar-refractivity contribution in [2.75, 3.05) is 0 Å². The number of fused-ring (bicyclic) bond motifs is 3. The number of nitrogens with zero attached hydrogens (tertiary/aromatic N) is 4. The Labute approximate surface area is 323 Å². The molecule has 0 saturated heterocycles. The highest BCUT2D eigenvalue weighted by molar-refractivity contribution is 7.24. The molecule has 0 N–H and O–H groups in total. The summed E-state index contributed by atoms with van der Waals surface area (Å²) in [7, 11) is 0. The van der Waals surface area contributed by atoms with Crippen LogP contribution in [0.25, 0.3) is 99.1 Å². The van der Waals surface area contributed by atoms with Crippen LogP contribution < -0.4 is 0 Å². The second-order valence-electron chi connectivity index (χ2n) is 13.4. The van der Waals surface area contributed by atoms with Crippen LogP contribution >= 0.6 is 11.3 Å². The molecule has 0 bridgehead atoms. The molecule has 0 atom stereocenters. The number of rotatable bonds is 7. The minimum atomic E-state index is 0.616. The number of para-hydroxylation sites is 1. The Morgan fingerprint density at radius 3 is 1.44 bits per heavy atom. The molecule has 0 aliphatic carbocycles. The topological polar surface area (TPSA) is 51.6 Å². The van der Waals surface area contributed by atoms with E-state index in [1.165, 1.54) is 20.7 Å². The summed E-state index contributed by atoms with van der Waals surface area (Å²) in [6, 6.07) is 67.3. The lowest BCUT2D eigenvalue weighted by molar-refractivity contribution is 1.07. The summed E-state index contributed by atoms with van der Waals surface area (Å²) in [5, 5.41) is 2.29. The first-order chi connectivity index (χ1) is 27.3. The average molecular weight is 721 g/mol. The molecule has 7 aromatic carbocycles. The molecule has 0 unspecified atom stereocenters. The zero-order valence-electron chi connectivity index (χ0n) is 29.7. The van der Waals surface area contributed by atoms with Gasteiger partial charge in [-0.15, -0.1) is 11.3 Å². The highest BCUT2D eigenvalue weighted by Crippen LogP contribution is 2.50. The molecule has 0 aliphatic rings. The monoisotopic (exact) mass is 720 g/mol. The van der Waals surface area contributed by atoms with Crippen molar-refractivity contribution in [3.63, 3.8) is 0 Å². The van der Waals surface area contributed by atoms with Crippen LogP contribution in [0.4, 0.5) is 0 Å². The smallest absolute Gasteiger partial charge is 0.164 e. The van der Waals surface area contributed by atoms with Crippen LogP contribution in [0.15, 0.2) is 194 Å². The van der Waals surface area contributed by atoms with Crippen LogP contribution in [-0.4, -0.2) is 19.9 Å². The Morgan fingerprint density at radius 1 is 0.327 bits per heavy atom. The first-order valence-electron chi connectivity index (χ1n) is 18.3. The van der Waals surface area contributed by atoms with Crippen molar-refractivity contribution >= 4 is 32.3 Å². The fourth-order valence-corrected chi connectivity index (χ4v) is 8.63. The Balaban J connectivity index is 1.19. The molecule has 0 aliphatic heterocycles. The summed E-state index contributed by atoms with van der Waals surface area (Å²) in [5.41, 5.74) is 11.5. The zero-order chi connectivity index (χ0) is 36.6. The van der Waals surface area contributed by atoms with Gasteiger partial charge in [-0.05, 0) is 34.4 Å². The van der Waals surface area contributed by atoms with Gasteiger partial charge in [0.15, 0.2) is 17.5 Å². The Hall–Kier alpha value is -7.08. The van der Waals surface area contributed by atoms with Crippen LogP contribution in [0, 0.1) is 0 Å². The fourth-order valence-electron chi connectivity index (χ4n) is 7.27. The maximum absolute atomic E-state index is 5.34. The van der Waals surface area contributed by atoms with Crippen LogP contribution in [0.1, 0.15) is 0 Å². The summed E-state index contributed by atoms with van der Waals surface area (Å²) in [5.74, 6) is 1.87. The van der Waals surface area contributed by atoms with Gasteiger partial charge in [0.25, 0.3) is 0 Å². The van der Waals surface area contributed by atoms with Crippen LogP contribution in [0.3, 0.4) is 0 Å². The van der Waals surface area contributed by atoms with Crippen LogP contribution in [-0.2, 0) is 0 Å². The number of aromatic nitrogens is 4. The lowest BCUT2D eigenvalue weighted by atomic mass is 9.94. The third-order valence-electron chi connectivity index (χ3n) is 9.94. The van der Waals surface area contributed by atoms with E-state index in [1.54, 1.807) is 0 Å². The molecule has 0 spiro atoms. The van der Waals surface area contributed by atoms with Crippen molar-refractivity contribution in [2.24, 2.45) is 0 Å². The number of hydrogen-bond acceptors (Lipinski definition) is 5. The zero-order valence-corrected chi connectivity index (χ0v) is 30.5. The number of thiophene rings is 1. The van der Waals surface area contributed by atoms with E-state index in [2.05, 4.69) is 158 Å². The molecule has 3 aromatic heterocycles. The predicted molar refractivity (Wildman–Crippen MR) is 229 cm³/mol. The van der Waals surface area contributed by atoms with E-state index < -0.39 is 0 Å². The first-order valence-corrected chi connectivity index (χ1v) is 19.1. The number of hydrogen-bond donors (Lipinski definition) is 0. The van der Waals surface area contributed by atoms with Crippen molar-refractivity contribution in [1.29, 1.82) is 0 Å². The lowest BCUT2D eigenvalue weighted by Crippen LogP contribution is -2.00.